The highest BCUT2D eigenvalue weighted by Gasteiger charge is 2.28. The quantitative estimate of drug-likeness (QED) is 0.0309. The van der Waals surface area contributed by atoms with Crippen molar-refractivity contribution in [3.63, 3.8) is 0 Å². The van der Waals surface area contributed by atoms with Gasteiger partial charge in [0, 0.05) is 0 Å². The number of aliphatic hydroxyl groups excluding tert-OH is 4. The third-order valence-electron chi connectivity index (χ3n) is 13.3. The SMILES string of the molecule is CCCCCCCCCC/C=C\CCCCCCCCC(O)C(=O)NC(CO)C(O)C(O)CCC/C=C/CC/C=C/CCCCCCCCCCCCCCCCCCCCCCC. The topological polar surface area (TPSA) is 110 Å². The van der Waals surface area contributed by atoms with E-state index in [1.54, 1.807) is 0 Å². The number of unbranched alkanes of at least 4 members (excludes halogenated alkanes) is 37. The Morgan fingerprint density at radius 2 is 0.656 bits per heavy atom. The molecular formula is C58H111NO5. The molecule has 378 valence electrons. The average molecular weight is 903 g/mol. The summed E-state index contributed by atoms with van der Waals surface area (Å²) in [4.78, 5) is 12.6. The van der Waals surface area contributed by atoms with Gasteiger partial charge in [0.05, 0.1) is 18.8 Å². The van der Waals surface area contributed by atoms with Crippen molar-refractivity contribution in [3.05, 3.63) is 36.5 Å². The number of amides is 1. The van der Waals surface area contributed by atoms with Crippen molar-refractivity contribution in [2.75, 3.05) is 6.61 Å². The normalized spacial score (nSPS) is 14.0. The fraction of sp³-hybridized carbons (Fsp3) is 0.879. The lowest BCUT2D eigenvalue weighted by atomic mass is 10.00. The van der Waals surface area contributed by atoms with E-state index < -0.39 is 36.9 Å². The van der Waals surface area contributed by atoms with Gasteiger partial charge in [-0.2, -0.15) is 0 Å². The average Bonchev–Trinajstić information content (AvgIpc) is 3.30. The Bertz CT molecular complexity index is 1010. The highest BCUT2D eigenvalue weighted by atomic mass is 16.3. The van der Waals surface area contributed by atoms with E-state index in [-0.39, 0.29) is 0 Å². The molecule has 0 aliphatic carbocycles. The van der Waals surface area contributed by atoms with E-state index in [9.17, 15) is 25.2 Å². The molecule has 0 aromatic rings. The molecule has 0 rings (SSSR count). The van der Waals surface area contributed by atoms with Gasteiger partial charge in [-0.25, -0.2) is 0 Å². The van der Waals surface area contributed by atoms with Gasteiger partial charge in [0.2, 0.25) is 5.91 Å². The maximum Gasteiger partial charge on any atom is 0.249 e. The van der Waals surface area contributed by atoms with Gasteiger partial charge in [0.25, 0.3) is 0 Å². The van der Waals surface area contributed by atoms with Crippen LogP contribution in [0.25, 0.3) is 0 Å². The summed E-state index contributed by atoms with van der Waals surface area (Å²) in [6.45, 7) is 4.06. The Morgan fingerprint density at radius 1 is 0.375 bits per heavy atom. The molecule has 0 aliphatic rings. The van der Waals surface area contributed by atoms with E-state index >= 15 is 0 Å². The molecule has 5 N–H and O–H groups in total. The van der Waals surface area contributed by atoms with Crippen LogP contribution in [0.1, 0.15) is 296 Å². The van der Waals surface area contributed by atoms with Gasteiger partial charge in [-0.15, -0.1) is 0 Å². The molecule has 0 fully saturated rings. The van der Waals surface area contributed by atoms with Crippen LogP contribution in [0.15, 0.2) is 36.5 Å². The lowest BCUT2D eigenvalue weighted by Crippen LogP contribution is -2.53. The standard InChI is InChI=1S/C58H111NO5/c1-3-5-7-9-11-13-15-17-19-21-23-24-25-26-27-28-29-30-31-32-33-34-36-37-39-41-43-45-47-49-51-55(61)57(63)54(53-60)59-58(64)56(62)52-50-48-46-44-42-40-38-35-22-20-18-16-14-12-10-8-6-4-2/h22,35-37,43,45,54-57,60-63H,3-21,23-34,38-42,44,46-53H2,1-2H3,(H,59,64)/b35-22-,37-36+,45-43+. The summed E-state index contributed by atoms with van der Waals surface area (Å²) >= 11 is 0. The van der Waals surface area contributed by atoms with Crippen molar-refractivity contribution in [2.24, 2.45) is 0 Å². The summed E-state index contributed by atoms with van der Waals surface area (Å²) in [6, 6.07) is -1.01. The maximum atomic E-state index is 12.6. The van der Waals surface area contributed by atoms with E-state index in [2.05, 4.69) is 55.6 Å². The molecule has 0 aromatic heterocycles. The van der Waals surface area contributed by atoms with Crippen LogP contribution in [0.3, 0.4) is 0 Å². The van der Waals surface area contributed by atoms with Crippen LogP contribution >= 0.6 is 0 Å². The summed E-state index contributed by atoms with van der Waals surface area (Å²) in [5, 5.41) is 43.9. The molecule has 0 bridgehead atoms. The Kier molecular flexibility index (Phi) is 51.3. The van der Waals surface area contributed by atoms with Crippen LogP contribution in [0.4, 0.5) is 0 Å². The van der Waals surface area contributed by atoms with E-state index in [4.69, 9.17) is 0 Å². The van der Waals surface area contributed by atoms with Crippen LogP contribution < -0.4 is 5.32 Å². The van der Waals surface area contributed by atoms with Crippen LogP contribution in [-0.4, -0.2) is 57.3 Å². The second-order valence-electron chi connectivity index (χ2n) is 19.6. The van der Waals surface area contributed by atoms with Gasteiger partial charge in [0.1, 0.15) is 12.2 Å². The number of rotatable bonds is 52. The lowest BCUT2D eigenvalue weighted by molar-refractivity contribution is -0.132. The first-order valence-corrected chi connectivity index (χ1v) is 28.4. The summed E-state index contributed by atoms with van der Waals surface area (Å²) in [6.07, 6.45) is 65.1. The monoisotopic (exact) mass is 902 g/mol. The van der Waals surface area contributed by atoms with Crippen LogP contribution in [0, 0.1) is 0 Å². The fourth-order valence-electron chi connectivity index (χ4n) is 8.83. The Hall–Kier alpha value is -1.47. The van der Waals surface area contributed by atoms with Crippen molar-refractivity contribution < 1.29 is 25.2 Å². The van der Waals surface area contributed by atoms with Gasteiger partial charge in [-0.3, -0.25) is 4.79 Å². The van der Waals surface area contributed by atoms with Gasteiger partial charge in [0.15, 0.2) is 0 Å². The minimum atomic E-state index is -1.29. The first-order valence-electron chi connectivity index (χ1n) is 28.4. The first kappa shape index (κ1) is 62.5. The number of nitrogens with one attached hydrogen (secondary N) is 1. The predicted molar refractivity (Wildman–Crippen MR) is 279 cm³/mol. The third kappa shape index (κ3) is 45.7. The van der Waals surface area contributed by atoms with Crippen molar-refractivity contribution in [1.82, 2.24) is 5.32 Å². The highest BCUT2D eigenvalue weighted by molar-refractivity contribution is 5.80. The van der Waals surface area contributed by atoms with E-state index in [0.29, 0.717) is 19.3 Å². The number of carbonyl (C=O) groups is 1. The van der Waals surface area contributed by atoms with Crippen molar-refractivity contribution in [2.45, 2.75) is 321 Å². The van der Waals surface area contributed by atoms with E-state index in [1.165, 1.54) is 212 Å². The molecule has 1 amide bonds. The molecule has 4 atom stereocenters. The molecule has 0 aliphatic heterocycles. The molecule has 0 radical (unpaired) electrons. The van der Waals surface area contributed by atoms with E-state index in [1.807, 2.05) is 0 Å². The van der Waals surface area contributed by atoms with Crippen LogP contribution in [0.5, 0.6) is 0 Å². The van der Waals surface area contributed by atoms with Crippen LogP contribution in [-0.2, 0) is 4.79 Å². The van der Waals surface area contributed by atoms with Crippen molar-refractivity contribution >= 4 is 5.91 Å². The molecule has 6 heteroatoms. The second-order valence-corrected chi connectivity index (χ2v) is 19.6. The van der Waals surface area contributed by atoms with Gasteiger partial charge < -0.3 is 25.7 Å². The summed E-state index contributed by atoms with van der Waals surface area (Å²) in [5.41, 5.74) is 0. The number of hydrogen-bond acceptors (Lipinski definition) is 5. The molecule has 6 nitrogen and oxygen atoms in total. The van der Waals surface area contributed by atoms with Crippen LogP contribution in [0.2, 0.25) is 0 Å². The predicted octanol–water partition coefficient (Wildman–Crippen LogP) is 16.4. The number of allylic oxidation sites excluding steroid dienone is 6. The molecule has 4 unspecified atom stereocenters. The highest BCUT2D eigenvalue weighted by Crippen LogP contribution is 2.17. The first-order chi connectivity index (χ1) is 31.5. The smallest absolute Gasteiger partial charge is 0.249 e. The molecular weight excluding hydrogens is 791 g/mol. The van der Waals surface area contributed by atoms with E-state index in [0.717, 1.165) is 51.4 Å². The van der Waals surface area contributed by atoms with Gasteiger partial charge >= 0.3 is 0 Å². The second kappa shape index (κ2) is 52.5. The van der Waals surface area contributed by atoms with Gasteiger partial charge in [-0.05, 0) is 77.0 Å². The lowest BCUT2D eigenvalue weighted by Gasteiger charge is -2.27. The molecule has 0 spiro atoms. The minimum Gasteiger partial charge on any atom is -0.394 e. The number of aliphatic hydroxyl groups is 4. The molecule has 0 heterocycles. The Labute approximate surface area is 398 Å². The molecule has 0 aromatic carbocycles. The zero-order valence-electron chi connectivity index (χ0n) is 42.8. The molecule has 64 heavy (non-hydrogen) atoms. The number of hydrogen-bond donors (Lipinski definition) is 5. The minimum absolute atomic E-state index is 0.353. The van der Waals surface area contributed by atoms with Crippen molar-refractivity contribution in [3.8, 4) is 0 Å². The van der Waals surface area contributed by atoms with Crippen molar-refractivity contribution in [1.29, 1.82) is 0 Å². The molecule has 0 saturated heterocycles. The zero-order valence-corrected chi connectivity index (χ0v) is 42.8. The largest absolute Gasteiger partial charge is 0.394 e. The Morgan fingerprint density at radius 3 is 0.984 bits per heavy atom. The zero-order chi connectivity index (χ0) is 46.7. The third-order valence-corrected chi connectivity index (χ3v) is 13.3. The maximum absolute atomic E-state index is 12.6. The van der Waals surface area contributed by atoms with Gasteiger partial charge in [-0.1, -0.05) is 256 Å². The fourth-order valence-corrected chi connectivity index (χ4v) is 8.83. The summed E-state index contributed by atoms with van der Waals surface area (Å²) in [7, 11) is 0. The number of carbonyl (C=O) groups excluding carboxylic acids is 1. The molecule has 0 saturated carbocycles. The summed E-state index contributed by atoms with van der Waals surface area (Å²) < 4.78 is 0. The Balaban J connectivity index is 3.67. The summed E-state index contributed by atoms with van der Waals surface area (Å²) in [5.74, 6) is -0.600.